The van der Waals surface area contributed by atoms with Gasteiger partial charge >= 0.3 is 0 Å². The number of Topliss-reactive ketones (excluding diaryl/α,β-unsaturated/α-hetero) is 2. The molecule has 4 aliphatic carbocycles. The van der Waals surface area contributed by atoms with Gasteiger partial charge in [0.15, 0.2) is 46.8 Å². The number of carbonyl (C=O) groups excluding carboxylic acids is 2. The minimum absolute atomic E-state index is 0. The van der Waals surface area contributed by atoms with Gasteiger partial charge in [-0.2, -0.15) is 0 Å². The highest BCUT2D eigenvalue weighted by Crippen LogP contribution is 2.66. The standard InChI is InChI=1S/2C17H19NO5.2CH4/c2*1-18-5-4-16-13-8-2-3-9(19)14(13)23-15(16)10(20)7-12(21)17(16,22)11(18)6-8;;/h2*2-3,11-12,15,19,21-22H,4-7H2,1H3;2*1H4/t11-,12+,15+,16+,17?;11-,12-,15+,16+,17?;;/m11../s1. The Morgan fingerprint density at radius 1 is 0.667 bits per heavy atom. The predicted octanol–water partition coefficient (Wildman–Crippen LogP) is 0.704. The van der Waals surface area contributed by atoms with Crippen molar-refractivity contribution >= 4 is 11.6 Å². The SMILES string of the molecule is C.C.CN1CC[C@]23c4c5ccc(O)c4O[C@H]2C(=O)C[C@@H](O)C3(O)[C@H]1C5.CN1CC[C@]23c4c5ccc(O)c4O[C@H]2C(=O)C[C@H](O)C3(O)[C@H]1C5. The number of nitrogens with zero attached hydrogens (tertiary/aromatic N) is 2. The molecular weight excluding hydrogens is 620 g/mol. The Labute approximate surface area is 279 Å². The van der Waals surface area contributed by atoms with Crippen molar-refractivity contribution < 1.29 is 49.7 Å². The van der Waals surface area contributed by atoms with Crippen LogP contribution in [0.25, 0.3) is 0 Å². The van der Waals surface area contributed by atoms with E-state index in [1.807, 2.05) is 26.2 Å². The first kappa shape index (κ1) is 33.2. The number of likely N-dealkylation sites (tertiary alicyclic amines) is 2. The highest BCUT2D eigenvalue weighted by Gasteiger charge is 2.77. The normalized spacial score (nSPS) is 42.1. The summed E-state index contributed by atoms with van der Waals surface area (Å²) in [5.74, 6) is 0.222. The Kier molecular flexibility index (Phi) is 7.03. The fraction of sp³-hybridized carbons (Fsp3) is 0.611. The molecule has 2 aromatic carbocycles. The van der Waals surface area contributed by atoms with Crippen LogP contribution in [-0.4, -0.2) is 127 Å². The van der Waals surface area contributed by atoms with Crippen molar-refractivity contribution in [3.8, 4) is 23.0 Å². The van der Waals surface area contributed by atoms with Gasteiger partial charge in [-0.15, -0.1) is 0 Å². The van der Waals surface area contributed by atoms with Crippen LogP contribution in [0, 0.1) is 0 Å². The van der Waals surface area contributed by atoms with Crippen molar-refractivity contribution in [1.29, 1.82) is 0 Å². The molecule has 4 fully saturated rings. The number of hydrogen-bond donors (Lipinski definition) is 6. The highest BCUT2D eigenvalue weighted by atomic mass is 16.5. The first-order chi connectivity index (χ1) is 21.8. The minimum Gasteiger partial charge on any atom is -0.504 e. The van der Waals surface area contributed by atoms with Crippen molar-refractivity contribution in [2.45, 2.75) is 112 Å². The first-order valence-electron chi connectivity index (χ1n) is 16.1. The summed E-state index contributed by atoms with van der Waals surface area (Å²) < 4.78 is 11.8. The summed E-state index contributed by atoms with van der Waals surface area (Å²) in [7, 11) is 3.88. The number of aromatic hydroxyl groups is 2. The van der Waals surface area contributed by atoms with E-state index in [1.165, 1.54) is 0 Å². The van der Waals surface area contributed by atoms with Gasteiger partial charge in [-0.05, 0) is 76.1 Å². The predicted molar refractivity (Wildman–Crippen MR) is 173 cm³/mol. The number of carbonyl (C=O) groups is 2. The zero-order valence-corrected chi connectivity index (χ0v) is 25.6. The number of likely N-dealkylation sites (N-methyl/N-ethyl adjacent to an activating group) is 2. The Hall–Kier alpha value is -3.26. The van der Waals surface area contributed by atoms with Gasteiger partial charge in [0.2, 0.25) is 0 Å². The zero-order valence-electron chi connectivity index (χ0n) is 25.6. The number of ketones is 2. The number of piperidine rings is 2. The summed E-state index contributed by atoms with van der Waals surface area (Å²) >= 11 is 0. The molecule has 6 N–H and O–H groups in total. The zero-order chi connectivity index (χ0) is 32.3. The Morgan fingerprint density at radius 3 is 1.42 bits per heavy atom. The van der Waals surface area contributed by atoms with Crippen LogP contribution >= 0.6 is 0 Å². The molecule has 2 saturated heterocycles. The highest BCUT2D eigenvalue weighted by molar-refractivity contribution is 5.91. The minimum atomic E-state index is -1.44. The largest absolute Gasteiger partial charge is 0.504 e. The van der Waals surface area contributed by atoms with Crippen LogP contribution in [0.1, 0.15) is 62.8 Å². The van der Waals surface area contributed by atoms with Gasteiger partial charge in [-0.1, -0.05) is 27.0 Å². The molecule has 4 aliphatic heterocycles. The van der Waals surface area contributed by atoms with Crippen LogP contribution < -0.4 is 9.47 Å². The Bertz CT molecular complexity index is 1620. The topological polar surface area (TPSA) is 180 Å². The lowest BCUT2D eigenvalue weighted by molar-refractivity contribution is -0.226. The molecule has 2 unspecified atom stereocenters. The molecule has 8 aliphatic rings. The molecule has 260 valence electrons. The maximum atomic E-state index is 12.6. The van der Waals surface area contributed by atoms with Crippen LogP contribution in [0.4, 0.5) is 0 Å². The van der Waals surface area contributed by atoms with E-state index in [4.69, 9.17) is 9.47 Å². The second kappa shape index (κ2) is 10.1. The molecule has 2 saturated carbocycles. The quantitative estimate of drug-likeness (QED) is 0.232. The van der Waals surface area contributed by atoms with Crippen LogP contribution in [0.15, 0.2) is 24.3 Å². The van der Waals surface area contributed by atoms with Crippen LogP contribution in [-0.2, 0) is 33.3 Å². The third kappa shape index (κ3) is 3.37. The van der Waals surface area contributed by atoms with Crippen molar-refractivity contribution in [1.82, 2.24) is 9.80 Å². The number of hydrogen-bond acceptors (Lipinski definition) is 12. The summed E-state index contributed by atoms with van der Waals surface area (Å²) in [5.41, 5.74) is -1.34. The lowest BCUT2D eigenvalue weighted by atomic mass is 9.48. The number of rotatable bonds is 0. The van der Waals surface area contributed by atoms with Gasteiger partial charge in [0.05, 0.1) is 23.0 Å². The van der Waals surface area contributed by atoms with Crippen molar-refractivity contribution in [3.63, 3.8) is 0 Å². The maximum absolute atomic E-state index is 12.6. The molecule has 0 amide bonds. The molecule has 10 rings (SSSR count). The number of benzene rings is 2. The average molecular weight is 667 g/mol. The molecule has 10 atom stereocenters. The number of aliphatic hydroxyl groups is 4. The number of phenolic OH excluding ortho intramolecular Hbond substituents is 2. The van der Waals surface area contributed by atoms with E-state index in [9.17, 15) is 40.2 Å². The molecule has 2 aromatic rings. The summed E-state index contributed by atoms with van der Waals surface area (Å²) in [5, 5.41) is 65.1. The van der Waals surface area contributed by atoms with Crippen molar-refractivity contribution in [3.05, 3.63) is 46.5 Å². The third-order valence-corrected chi connectivity index (χ3v) is 13.1. The lowest BCUT2D eigenvalue weighted by Crippen LogP contribution is -2.80. The van der Waals surface area contributed by atoms with Gasteiger partial charge in [0.1, 0.15) is 11.2 Å². The Balaban J connectivity index is 0.000000146. The summed E-state index contributed by atoms with van der Waals surface area (Å²) in [4.78, 5) is 29.3. The maximum Gasteiger partial charge on any atom is 0.177 e. The molecular formula is C36H46N2O10. The van der Waals surface area contributed by atoms with Crippen molar-refractivity contribution in [2.75, 3.05) is 27.2 Å². The lowest BCUT2D eigenvalue weighted by Gasteiger charge is -2.63. The van der Waals surface area contributed by atoms with E-state index in [-0.39, 0.29) is 62.8 Å². The van der Waals surface area contributed by atoms with E-state index in [2.05, 4.69) is 9.80 Å². The third-order valence-electron chi connectivity index (χ3n) is 13.1. The second-order valence-electron chi connectivity index (χ2n) is 14.8. The fourth-order valence-corrected chi connectivity index (χ4v) is 11.2. The molecule has 0 radical (unpaired) electrons. The summed E-state index contributed by atoms with van der Waals surface area (Å²) in [6, 6.07) is 6.33. The van der Waals surface area contributed by atoms with E-state index < -0.39 is 46.4 Å². The van der Waals surface area contributed by atoms with Gasteiger partial charge in [0.25, 0.3) is 0 Å². The van der Waals surface area contributed by atoms with Gasteiger partial charge in [-0.3, -0.25) is 9.59 Å². The van der Waals surface area contributed by atoms with E-state index in [0.717, 1.165) is 22.3 Å². The van der Waals surface area contributed by atoms with E-state index >= 15 is 0 Å². The van der Waals surface area contributed by atoms with Crippen LogP contribution in [0.2, 0.25) is 0 Å². The second-order valence-corrected chi connectivity index (χ2v) is 14.8. The van der Waals surface area contributed by atoms with E-state index in [1.54, 1.807) is 12.1 Å². The summed E-state index contributed by atoms with van der Waals surface area (Å²) in [6.45, 7) is 1.42. The van der Waals surface area contributed by atoms with Gasteiger partial charge in [0, 0.05) is 36.1 Å². The first-order valence-corrected chi connectivity index (χ1v) is 16.1. The van der Waals surface area contributed by atoms with Crippen LogP contribution in [0.5, 0.6) is 23.0 Å². The van der Waals surface area contributed by atoms with Gasteiger partial charge in [-0.25, -0.2) is 0 Å². The monoisotopic (exact) mass is 666 g/mol. The molecule has 4 bridgehead atoms. The summed E-state index contributed by atoms with van der Waals surface area (Å²) in [6.07, 6.45) is -1.94. The molecule has 0 aromatic heterocycles. The fourth-order valence-electron chi connectivity index (χ4n) is 11.2. The molecule has 4 heterocycles. The smallest absolute Gasteiger partial charge is 0.177 e. The number of aliphatic hydroxyl groups excluding tert-OH is 2. The average Bonchev–Trinajstić information content (AvgIpc) is 3.56. The van der Waals surface area contributed by atoms with Crippen molar-refractivity contribution in [2.24, 2.45) is 0 Å². The molecule has 48 heavy (non-hydrogen) atoms. The Morgan fingerprint density at radius 2 is 1.04 bits per heavy atom. The number of ether oxygens (including phenoxy) is 2. The molecule has 12 heteroatoms. The van der Waals surface area contributed by atoms with Crippen LogP contribution in [0.3, 0.4) is 0 Å². The van der Waals surface area contributed by atoms with Gasteiger partial charge < -0.3 is 49.9 Å². The number of phenols is 2. The molecule has 2 spiro atoms. The van der Waals surface area contributed by atoms with E-state index in [0.29, 0.717) is 50.3 Å². The molecule has 12 nitrogen and oxygen atoms in total.